The molecule has 1 aromatic carbocycles. The summed E-state index contributed by atoms with van der Waals surface area (Å²) in [5.74, 6) is 0.471. The molecule has 0 radical (unpaired) electrons. The Balaban J connectivity index is 2.87. The maximum atomic E-state index is 12.0. The Bertz CT molecular complexity index is 483. The van der Waals surface area contributed by atoms with Gasteiger partial charge in [0.1, 0.15) is 0 Å². The van der Waals surface area contributed by atoms with Crippen molar-refractivity contribution < 1.29 is 8.42 Å². The second kappa shape index (κ2) is 5.85. The molecule has 0 aliphatic rings. The molecule has 1 rings (SSSR count). The molecule has 0 aliphatic carbocycles. The van der Waals surface area contributed by atoms with Gasteiger partial charge < -0.3 is 0 Å². The highest BCUT2D eigenvalue weighted by molar-refractivity contribution is 7.89. The number of halogens is 1. The monoisotopic (exact) mass is 275 g/mol. The summed E-state index contributed by atoms with van der Waals surface area (Å²) in [6.45, 7) is 6.27. The van der Waals surface area contributed by atoms with Gasteiger partial charge in [-0.15, -0.1) is 0 Å². The normalized spacial score (nSPS) is 12.1. The molecule has 0 spiro atoms. The molecule has 0 atom stereocenters. The minimum Gasteiger partial charge on any atom is -0.211 e. The van der Waals surface area contributed by atoms with E-state index in [1.54, 1.807) is 25.1 Å². The van der Waals surface area contributed by atoms with E-state index in [0.29, 0.717) is 23.0 Å². The molecule has 0 amide bonds. The van der Waals surface area contributed by atoms with Crippen LogP contribution in [0.4, 0.5) is 0 Å². The minimum absolute atomic E-state index is 0.258. The van der Waals surface area contributed by atoms with Gasteiger partial charge in [-0.3, -0.25) is 0 Å². The van der Waals surface area contributed by atoms with E-state index in [4.69, 9.17) is 11.6 Å². The highest BCUT2D eigenvalue weighted by atomic mass is 35.5. The number of hydrogen-bond acceptors (Lipinski definition) is 2. The van der Waals surface area contributed by atoms with E-state index in [1.165, 1.54) is 0 Å². The zero-order valence-corrected chi connectivity index (χ0v) is 11.9. The largest absolute Gasteiger partial charge is 0.240 e. The van der Waals surface area contributed by atoms with Crippen LogP contribution in [0.1, 0.15) is 25.8 Å². The quantitative estimate of drug-likeness (QED) is 0.898. The van der Waals surface area contributed by atoms with Gasteiger partial charge in [0.15, 0.2) is 0 Å². The summed E-state index contributed by atoms with van der Waals surface area (Å²) in [5, 5.41) is 0.469. The predicted octanol–water partition coefficient (Wildman–Crippen LogP) is 2.97. The summed E-state index contributed by atoms with van der Waals surface area (Å²) < 4.78 is 26.6. The molecule has 0 saturated heterocycles. The summed E-state index contributed by atoms with van der Waals surface area (Å²) in [5.41, 5.74) is 0.589. The summed E-state index contributed by atoms with van der Waals surface area (Å²) in [7, 11) is -3.44. The molecule has 5 heteroatoms. The molecule has 0 saturated carbocycles. The van der Waals surface area contributed by atoms with Crippen molar-refractivity contribution >= 4 is 21.6 Å². The zero-order chi connectivity index (χ0) is 13.1. The first-order valence-electron chi connectivity index (χ1n) is 5.59. The fourth-order valence-electron chi connectivity index (χ4n) is 1.44. The van der Waals surface area contributed by atoms with Gasteiger partial charge in [-0.25, -0.2) is 13.1 Å². The van der Waals surface area contributed by atoms with Crippen molar-refractivity contribution in [1.29, 1.82) is 0 Å². The highest BCUT2D eigenvalue weighted by Crippen LogP contribution is 2.22. The fourth-order valence-corrected chi connectivity index (χ4v) is 2.98. The van der Waals surface area contributed by atoms with Crippen molar-refractivity contribution in [2.75, 3.05) is 6.54 Å². The van der Waals surface area contributed by atoms with Crippen molar-refractivity contribution in [2.24, 2.45) is 5.92 Å². The van der Waals surface area contributed by atoms with Gasteiger partial charge >= 0.3 is 0 Å². The van der Waals surface area contributed by atoms with Crippen LogP contribution in [-0.2, 0) is 10.0 Å². The number of sulfonamides is 1. The van der Waals surface area contributed by atoms with Gasteiger partial charge in [0, 0.05) is 11.6 Å². The van der Waals surface area contributed by atoms with Gasteiger partial charge in [-0.05, 0) is 37.0 Å². The van der Waals surface area contributed by atoms with Crippen LogP contribution in [0.25, 0.3) is 0 Å². The lowest BCUT2D eigenvalue weighted by Crippen LogP contribution is -2.26. The standard InChI is InChI=1S/C12H18ClNO2S/c1-9(2)7-8-14-17(15,16)12-6-4-5-11(13)10(12)3/h4-6,9,14H,7-8H2,1-3H3. The number of nitrogens with one attached hydrogen (secondary N) is 1. The average molecular weight is 276 g/mol. The molecule has 96 valence electrons. The topological polar surface area (TPSA) is 46.2 Å². The molecule has 0 bridgehead atoms. The molecule has 0 unspecified atom stereocenters. The number of hydrogen-bond donors (Lipinski definition) is 1. The van der Waals surface area contributed by atoms with E-state index in [0.717, 1.165) is 6.42 Å². The van der Waals surface area contributed by atoms with Crippen molar-refractivity contribution in [3.05, 3.63) is 28.8 Å². The van der Waals surface area contributed by atoms with Crippen molar-refractivity contribution in [3.8, 4) is 0 Å². The average Bonchev–Trinajstić information content (AvgIpc) is 2.21. The number of benzene rings is 1. The van der Waals surface area contributed by atoms with Crippen LogP contribution >= 0.6 is 11.6 Å². The maximum Gasteiger partial charge on any atom is 0.240 e. The smallest absolute Gasteiger partial charge is 0.211 e. The molecule has 0 fully saturated rings. The second-order valence-electron chi connectivity index (χ2n) is 4.44. The minimum atomic E-state index is -3.44. The van der Waals surface area contributed by atoms with Crippen molar-refractivity contribution in [2.45, 2.75) is 32.1 Å². The second-order valence-corrected chi connectivity index (χ2v) is 6.59. The Hall–Kier alpha value is -0.580. The molecule has 1 N–H and O–H groups in total. The Morgan fingerprint density at radius 2 is 2.00 bits per heavy atom. The Morgan fingerprint density at radius 3 is 2.59 bits per heavy atom. The van der Waals surface area contributed by atoms with E-state index in [1.807, 2.05) is 0 Å². The lowest BCUT2D eigenvalue weighted by atomic mass is 10.1. The van der Waals surface area contributed by atoms with E-state index >= 15 is 0 Å². The van der Waals surface area contributed by atoms with Crippen LogP contribution in [0.15, 0.2) is 23.1 Å². The predicted molar refractivity (Wildman–Crippen MR) is 70.8 cm³/mol. The fraction of sp³-hybridized carbons (Fsp3) is 0.500. The van der Waals surface area contributed by atoms with Crippen LogP contribution in [0.3, 0.4) is 0 Å². The lowest BCUT2D eigenvalue weighted by molar-refractivity contribution is 0.551. The molecule has 3 nitrogen and oxygen atoms in total. The third-order valence-electron chi connectivity index (χ3n) is 2.52. The summed E-state index contributed by atoms with van der Waals surface area (Å²) in [4.78, 5) is 0.258. The van der Waals surface area contributed by atoms with Gasteiger partial charge in [0.25, 0.3) is 0 Å². The van der Waals surface area contributed by atoms with Gasteiger partial charge in [-0.1, -0.05) is 31.5 Å². The van der Waals surface area contributed by atoms with E-state index < -0.39 is 10.0 Å². The maximum absolute atomic E-state index is 12.0. The van der Waals surface area contributed by atoms with Crippen molar-refractivity contribution in [3.63, 3.8) is 0 Å². The van der Waals surface area contributed by atoms with Crippen LogP contribution in [0.2, 0.25) is 5.02 Å². The Labute approximate surface area is 108 Å². The molecular formula is C12H18ClNO2S. The summed E-state index contributed by atoms with van der Waals surface area (Å²) >= 11 is 5.91. The molecule has 0 aliphatic heterocycles. The molecule has 17 heavy (non-hydrogen) atoms. The Morgan fingerprint density at radius 1 is 1.35 bits per heavy atom. The van der Waals surface area contributed by atoms with Gasteiger partial charge in [0.05, 0.1) is 4.90 Å². The van der Waals surface area contributed by atoms with Crippen LogP contribution in [0.5, 0.6) is 0 Å². The highest BCUT2D eigenvalue weighted by Gasteiger charge is 2.17. The van der Waals surface area contributed by atoms with Crippen LogP contribution in [0, 0.1) is 12.8 Å². The SMILES string of the molecule is Cc1c(Cl)cccc1S(=O)(=O)NCCC(C)C. The third-order valence-corrected chi connectivity index (χ3v) is 4.54. The molecule has 0 heterocycles. The van der Waals surface area contributed by atoms with Crippen LogP contribution < -0.4 is 4.72 Å². The molecule has 1 aromatic rings. The summed E-state index contributed by atoms with van der Waals surface area (Å²) in [6, 6.07) is 4.90. The first-order chi connectivity index (χ1) is 7.84. The Kier molecular flexibility index (Phi) is 4.98. The lowest BCUT2D eigenvalue weighted by Gasteiger charge is -2.11. The molecule has 0 aromatic heterocycles. The van der Waals surface area contributed by atoms with E-state index in [2.05, 4.69) is 18.6 Å². The number of rotatable bonds is 5. The van der Waals surface area contributed by atoms with Gasteiger partial charge in [0.2, 0.25) is 10.0 Å². The van der Waals surface area contributed by atoms with Crippen LogP contribution in [-0.4, -0.2) is 15.0 Å². The molecular weight excluding hydrogens is 258 g/mol. The van der Waals surface area contributed by atoms with E-state index in [-0.39, 0.29) is 4.90 Å². The zero-order valence-electron chi connectivity index (χ0n) is 10.3. The van der Waals surface area contributed by atoms with Crippen molar-refractivity contribution in [1.82, 2.24) is 4.72 Å². The summed E-state index contributed by atoms with van der Waals surface area (Å²) in [6.07, 6.45) is 0.818. The first-order valence-corrected chi connectivity index (χ1v) is 7.45. The van der Waals surface area contributed by atoms with Gasteiger partial charge in [-0.2, -0.15) is 0 Å². The van der Waals surface area contributed by atoms with E-state index in [9.17, 15) is 8.42 Å². The first kappa shape index (κ1) is 14.5. The third kappa shape index (κ3) is 3.98.